The zero-order valence-corrected chi connectivity index (χ0v) is 18.0. The van der Waals surface area contributed by atoms with E-state index in [-0.39, 0.29) is 42.0 Å². The third-order valence-corrected chi connectivity index (χ3v) is 6.12. The summed E-state index contributed by atoms with van der Waals surface area (Å²) in [4.78, 5) is 27.6. The van der Waals surface area contributed by atoms with Crippen molar-refractivity contribution in [3.8, 4) is 0 Å². The Morgan fingerprint density at radius 2 is 1.68 bits per heavy atom. The van der Waals surface area contributed by atoms with Gasteiger partial charge < -0.3 is 10.6 Å². The van der Waals surface area contributed by atoms with Crippen molar-refractivity contribution in [2.45, 2.75) is 64.8 Å². The van der Waals surface area contributed by atoms with E-state index < -0.39 is 0 Å². The number of Topliss-reactive ketones (excluding diaryl/α,β-unsaturated/α-hetero) is 1. The number of rotatable bonds is 5. The zero-order chi connectivity index (χ0) is 19.4. The lowest BCUT2D eigenvalue weighted by atomic mass is 9.84. The molecule has 28 heavy (non-hydrogen) atoms. The largest absolute Gasteiger partial charge is 0.342 e. The van der Waals surface area contributed by atoms with Crippen molar-refractivity contribution < 1.29 is 9.59 Å². The van der Waals surface area contributed by atoms with E-state index in [1.807, 2.05) is 17.0 Å². The summed E-state index contributed by atoms with van der Waals surface area (Å²) < 4.78 is 0. The van der Waals surface area contributed by atoms with Crippen LogP contribution in [0.3, 0.4) is 0 Å². The summed E-state index contributed by atoms with van der Waals surface area (Å²) in [6.45, 7) is 5.81. The van der Waals surface area contributed by atoms with Crippen molar-refractivity contribution >= 4 is 24.1 Å². The Labute approximate surface area is 175 Å². The molecule has 3 rings (SSSR count). The third kappa shape index (κ3) is 5.81. The zero-order valence-electron chi connectivity index (χ0n) is 17.2. The second kappa shape index (κ2) is 10.4. The minimum Gasteiger partial charge on any atom is -0.342 e. The lowest BCUT2D eigenvalue weighted by Crippen LogP contribution is -2.45. The number of hydrogen-bond donors (Lipinski definition) is 1. The Kier molecular flexibility index (Phi) is 8.51. The van der Waals surface area contributed by atoms with Gasteiger partial charge in [0, 0.05) is 36.5 Å². The van der Waals surface area contributed by atoms with Crippen LogP contribution in [0.25, 0.3) is 0 Å². The number of ketones is 1. The number of amides is 1. The molecule has 2 aliphatic rings. The lowest BCUT2D eigenvalue weighted by Gasteiger charge is -2.35. The van der Waals surface area contributed by atoms with E-state index in [1.54, 1.807) is 0 Å². The van der Waals surface area contributed by atoms with Gasteiger partial charge in [-0.3, -0.25) is 9.59 Å². The highest BCUT2D eigenvalue weighted by atomic mass is 35.5. The standard InChI is InChI=1S/C23H34N2O2.ClH/c1-16(2)14-17-6-8-18(9-7-17)22(26)19-10-12-25(13-11-19)23(27)20-4-3-5-21(24)15-20;/h6-9,16,19-21H,3-5,10-15,24H2,1-2H3;1H. The molecule has 0 bridgehead atoms. The van der Waals surface area contributed by atoms with Gasteiger partial charge in [-0.15, -0.1) is 12.4 Å². The maximum Gasteiger partial charge on any atom is 0.225 e. The van der Waals surface area contributed by atoms with Gasteiger partial charge in [0.15, 0.2) is 5.78 Å². The number of hydrogen-bond acceptors (Lipinski definition) is 3. The molecule has 2 fully saturated rings. The summed E-state index contributed by atoms with van der Waals surface area (Å²) in [7, 11) is 0. The fourth-order valence-electron chi connectivity index (χ4n) is 4.58. The molecule has 1 aromatic rings. The fourth-order valence-corrected chi connectivity index (χ4v) is 4.58. The third-order valence-electron chi connectivity index (χ3n) is 6.12. The van der Waals surface area contributed by atoms with E-state index in [0.717, 1.165) is 50.5 Å². The van der Waals surface area contributed by atoms with Crippen LogP contribution >= 0.6 is 12.4 Å². The molecular weight excluding hydrogens is 372 g/mol. The molecule has 1 aromatic carbocycles. The number of carbonyl (C=O) groups is 2. The Balaban J connectivity index is 0.00000280. The van der Waals surface area contributed by atoms with E-state index in [9.17, 15) is 9.59 Å². The number of piperidine rings is 1. The highest BCUT2D eigenvalue weighted by Crippen LogP contribution is 2.28. The second-order valence-electron chi connectivity index (χ2n) is 8.88. The van der Waals surface area contributed by atoms with Crippen molar-refractivity contribution in [2.75, 3.05) is 13.1 Å². The first-order valence-corrected chi connectivity index (χ1v) is 10.6. The van der Waals surface area contributed by atoms with E-state index in [2.05, 4.69) is 26.0 Å². The number of benzene rings is 1. The maximum atomic E-state index is 12.8. The van der Waals surface area contributed by atoms with Crippen LogP contribution in [0.1, 0.15) is 68.3 Å². The summed E-state index contributed by atoms with van der Waals surface area (Å²) in [5.41, 5.74) is 8.14. The van der Waals surface area contributed by atoms with E-state index in [4.69, 9.17) is 5.73 Å². The second-order valence-corrected chi connectivity index (χ2v) is 8.88. The van der Waals surface area contributed by atoms with Gasteiger partial charge in [0.25, 0.3) is 0 Å². The average molecular weight is 407 g/mol. The quantitative estimate of drug-likeness (QED) is 0.743. The van der Waals surface area contributed by atoms with Crippen LogP contribution < -0.4 is 5.73 Å². The van der Waals surface area contributed by atoms with Gasteiger partial charge in [0.1, 0.15) is 0 Å². The summed E-state index contributed by atoms with van der Waals surface area (Å²) >= 11 is 0. The van der Waals surface area contributed by atoms with Gasteiger partial charge in [-0.25, -0.2) is 0 Å². The Morgan fingerprint density at radius 3 is 2.25 bits per heavy atom. The van der Waals surface area contributed by atoms with Crippen LogP contribution in [0, 0.1) is 17.8 Å². The molecule has 1 amide bonds. The summed E-state index contributed by atoms with van der Waals surface area (Å²) in [5, 5.41) is 0. The minimum atomic E-state index is 0. The van der Waals surface area contributed by atoms with E-state index >= 15 is 0 Å². The van der Waals surface area contributed by atoms with Crippen LogP contribution in [0.5, 0.6) is 0 Å². The highest BCUT2D eigenvalue weighted by molar-refractivity contribution is 5.98. The number of likely N-dealkylation sites (tertiary alicyclic amines) is 1. The minimum absolute atomic E-state index is 0. The SMILES string of the molecule is CC(C)Cc1ccc(C(=O)C2CCN(C(=O)C3CCCC(N)C3)CC2)cc1.Cl. The van der Waals surface area contributed by atoms with Gasteiger partial charge >= 0.3 is 0 Å². The molecule has 1 heterocycles. The van der Waals surface area contributed by atoms with Crippen LogP contribution in [-0.4, -0.2) is 35.7 Å². The molecule has 4 nitrogen and oxygen atoms in total. The van der Waals surface area contributed by atoms with Crippen LogP contribution in [-0.2, 0) is 11.2 Å². The van der Waals surface area contributed by atoms with Gasteiger partial charge in [-0.1, -0.05) is 44.5 Å². The molecule has 156 valence electrons. The molecule has 2 N–H and O–H groups in total. The van der Waals surface area contributed by atoms with Crippen LogP contribution in [0.4, 0.5) is 0 Å². The van der Waals surface area contributed by atoms with Gasteiger partial charge in [0.2, 0.25) is 5.91 Å². The number of carbonyl (C=O) groups excluding carboxylic acids is 2. The van der Waals surface area contributed by atoms with Gasteiger partial charge in [-0.2, -0.15) is 0 Å². The van der Waals surface area contributed by atoms with Crippen molar-refractivity contribution in [3.63, 3.8) is 0 Å². The van der Waals surface area contributed by atoms with Crippen molar-refractivity contribution in [2.24, 2.45) is 23.5 Å². The Hall–Kier alpha value is -1.39. The van der Waals surface area contributed by atoms with Crippen molar-refractivity contribution in [1.82, 2.24) is 4.90 Å². The molecule has 0 aromatic heterocycles. The van der Waals surface area contributed by atoms with Gasteiger partial charge in [0.05, 0.1) is 0 Å². The highest BCUT2D eigenvalue weighted by Gasteiger charge is 2.33. The predicted octanol–water partition coefficient (Wildman–Crippen LogP) is 4.25. The van der Waals surface area contributed by atoms with Crippen molar-refractivity contribution in [1.29, 1.82) is 0 Å². The number of nitrogens with two attached hydrogens (primary N) is 1. The molecular formula is C23H35ClN2O2. The monoisotopic (exact) mass is 406 g/mol. The lowest BCUT2D eigenvalue weighted by molar-refractivity contribution is -0.138. The predicted molar refractivity (Wildman–Crippen MR) is 116 cm³/mol. The smallest absolute Gasteiger partial charge is 0.225 e. The molecule has 1 aliphatic heterocycles. The first kappa shape index (κ1) is 22.9. The normalized spacial score (nSPS) is 23.4. The number of halogens is 1. The molecule has 0 radical (unpaired) electrons. The molecule has 2 atom stereocenters. The van der Waals surface area contributed by atoms with E-state index in [0.29, 0.717) is 19.0 Å². The number of nitrogens with zero attached hydrogens (tertiary/aromatic N) is 1. The van der Waals surface area contributed by atoms with E-state index in [1.165, 1.54) is 5.56 Å². The topological polar surface area (TPSA) is 63.4 Å². The maximum absolute atomic E-state index is 12.8. The molecule has 1 aliphatic carbocycles. The summed E-state index contributed by atoms with van der Waals surface area (Å²) in [5.74, 6) is 1.24. The molecule has 5 heteroatoms. The molecule has 2 unspecified atom stereocenters. The first-order chi connectivity index (χ1) is 12.9. The van der Waals surface area contributed by atoms with Crippen LogP contribution in [0.2, 0.25) is 0 Å². The van der Waals surface area contributed by atoms with Crippen LogP contribution in [0.15, 0.2) is 24.3 Å². The molecule has 1 saturated heterocycles. The summed E-state index contributed by atoms with van der Waals surface area (Å²) in [6, 6.07) is 8.28. The molecule has 1 saturated carbocycles. The Morgan fingerprint density at radius 1 is 1.04 bits per heavy atom. The van der Waals surface area contributed by atoms with Gasteiger partial charge in [-0.05, 0) is 50.0 Å². The van der Waals surface area contributed by atoms with Crippen molar-refractivity contribution in [3.05, 3.63) is 35.4 Å². The summed E-state index contributed by atoms with van der Waals surface area (Å²) in [6.07, 6.45) is 6.47. The average Bonchev–Trinajstić information content (AvgIpc) is 2.67. The first-order valence-electron chi connectivity index (χ1n) is 10.6. The Bertz CT molecular complexity index is 651. The fraction of sp³-hybridized carbons (Fsp3) is 0.652. The molecule has 0 spiro atoms.